The van der Waals surface area contributed by atoms with Gasteiger partial charge in [-0.1, -0.05) is 25.8 Å². The van der Waals surface area contributed by atoms with Crippen LogP contribution in [0.5, 0.6) is 0 Å². The Morgan fingerprint density at radius 2 is 1.83 bits per heavy atom. The minimum atomic E-state index is 0.596. The number of piperidine rings is 2. The van der Waals surface area contributed by atoms with E-state index in [0.29, 0.717) is 6.04 Å². The summed E-state index contributed by atoms with van der Waals surface area (Å²) in [7, 11) is 0. The smallest absolute Gasteiger partial charge is 0.128 e. The Morgan fingerprint density at radius 3 is 2.57 bits per heavy atom. The van der Waals surface area contributed by atoms with Crippen LogP contribution >= 0.6 is 0 Å². The number of hydrogen-bond donors (Lipinski definition) is 0. The Balaban J connectivity index is 1.75. The second-order valence-electron chi connectivity index (χ2n) is 7.29. The van der Waals surface area contributed by atoms with E-state index >= 15 is 0 Å². The van der Waals surface area contributed by atoms with Crippen LogP contribution in [0.2, 0.25) is 0 Å². The molecule has 0 amide bonds. The molecule has 0 radical (unpaired) electrons. The Labute approximate surface area is 142 Å². The van der Waals surface area contributed by atoms with Gasteiger partial charge in [0.05, 0.1) is 0 Å². The van der Waals surface area contributed by atoms with Crippen molar-refractivity contribution in [2.75, 3.05) is 31.1 Å². The van der Waals surface area contributed by atoms with E-state index in [1.165, 1.54) is 94.6 Å². The van der Waals surface area contributed by atoms with E-state index in [1.54, 1.807) is 0 Å². The fourth-order valence-electron chi connectivity index (χ4n) is 4.18. The summed E-state index contributed by atoms with van der Waals surface area (Å²) in [6.45, 7) is 9.37. The van der Waals surface area contributed by atoms with E-state index in [0.717, 1.165) is 0 Å². The lowest BCUT2D eigenvalue weighted by Gasteiger charge is -2.37. The largest absolute Gasteiger partial charge is 0.357 e. The highest BCUT2D eigenvalue weighted by atomic mass is 15.2. The predicted molar refractivity (Wildman–Crippen MR) is 98.1 cm³/mol. The first kappa shape index (κ1) is 16.8. The molecule has 0 aromatic carbocycles. The number of pyridine rings is 1. The molecule has 3 heteroatoms. The highest BCUT2D eigenvalue weighted by Gasteiger charge is 2.25. The van der Waals surface area contributed by atoms with Crippen molar-refractivity contribution in [2.24, 2.45) is 0 Å². The van der Waals surface area contributed by atoms with Gasteiger partial charge in [-0.25, -0.2) is 4.98 Å². The van der Waals surface area contributed by atoms with Crippen molar-refractivity contribution in [1.82, 2.24) is 9.88 Å². The topological polar surface area (TPSA) is 19.4 Å². The van der Waals surface area contributed by atoms with E-state index in [9.17, 15) is 0 Å². The summed E-state index contributed by atoms with van der Waals surface area (Å²) < 4.78 is 0. The number of rotatable bonds is 5. The summed E-state index contributed by atoms with van der Waals surface area (Å²) >= 11 is 0. The quantitative estimate of drug-likeness (QED) is 0.784. The van der Waals surface area contributed by atoms with E-state index in [2.05, 4.69) is 35.8 Å². The maximum Gasteiger partial charge on any atom is 0.128 e. The van der Waals surface area contributed by atoms with Crippen LogP contribution < -0.4 is 4.90 Å². The summed E-state index contributed by atoms with van der Waals surface area (Å²) in [6.07, 6.45) is 10.6. The third kappa shape index (κ3) is 4.06. The first-order valence-electron chi connectivity index (χ1n) is 9.76. The number of aryl methyl sites for hydroxylation is 1. The lowest BCUT2D eigenvalue weighted by molar-refractivity contribution is 0.146. The zero-order valence-corrected chi connectivity index (χ0v) is 15.1. The number of nitrogens with zero attached hydrogens (tertiary/aromatic N) is 3. The minimum absolute atomic E-state index is 0.596. The van der Waals surface area contributed by atoms with Crippen LogP contribution in [0.1, 0.15) is 75.6 Å². The molecule has 2 aliphatic heterocycles. The highest BCUT2D eigenvalue weighted by Crippen LogP contribution is 2.33. The van der Waals surface area contributed by atoms with Gasteiger partial charge >= 0.3 is 0 Å². The minimum Gasteiger partial charge on any atom is -0.357 e. The first-order valence-corrected chi connectivity index (χ1v) is 9.76. The maximum atomic E-state index is 4.99. The molecule has 0 unspecified atom stereocenters. The molecule has 128 valence electrons. The van der Waals surface area contributed by atoms with E-state index < -0.39 is 0 Å². The van der Waals surface area contributed by atoms with Gasteiger partial charge in [-0.15, -0.1) is 0 Å². The van der Waals surface area contributed by atoms with Gasteiger partial charge in [0, 0.05) is 24.8 Å². The molecular weight excluding hydrogens is 282 g/mol. The molecule has 3 heterocycles. The molecule has 3 nitrogen and oxygen atoms in total. The average Bonchev–Trinajstić information content (AvgIpc) is 2.61. The molecule has 1 atom stereocenters. The first-order chi connectivity index (χ1) is 11.3. The molecule has 1 aromatic heterocycles. The summed E-state index contributed by atoms with van der Waals surface area (Å²) in [6, 6.07) is 5.25. The molecule has 0 bridgehead atoms. The molecule has 3 rings (SSSR count). The van der Waals surface area contributed by atoms with Gasteiger partial charge in [0.1, 0.15) is 5.82 Å². The van der Waals surface area contributed by atoms with E-state index in [1.807, 2.05) is 0 Å². The van der Waals surface area contributed by atoms with Crippen LogP contribution in [0.3, 0.4) is 0 Å². The SMILES string of the molecule is CCCCN1CCCC[C@H]1c1ccc(N2CCCCC2)nc1C. The summed E-state index contributed by atoms with van der Waals surface area (Å²) in [5.74, 6) is 1.20. The third-order valence-corrected chi connectivity index (χ3v) is 5.56. The lowest BCUT2D eigenvalue weighted by Crippen LogP contribution is -2.35. The Morgan fingerprint density at radius 1 is 1.04 bits per heavy atom. The molecule has 0 N–H and O–H groups in total. The van der Waals surface area contributed by atoms with Crippen molar-refractivity contribution in [3.8, 4) is 0 Å². The summed E-state index contributed by atoms with van der Waals surface area (Å²) in [4.78, 5) is 10.2. The van der Waals surface area contributed by atoms with Crippen LogP contribution in [-0.4, -0.2) is 36.1 Å². The Hall–Kier alpha value is -1.09. The zero-order chi connectivity index (χ0) is 16.1. The van der Waals surface area contributed by atoms with Gasteiger partial charge in [-0.2, -0.15) is 0 Å². The fourth-order valence-corrected chi connectivity index (χ4v) is 4.18. The summed E-state index contributed by atoms with van der Waals surface area (Å²) in [5.41, 5.74) is 2.73. The van der Waals surface area contributed by atoms with Crippen LogP contribution in [0.25, 0.3) is 0 Å². The normalized spacial score (nSPS) is 23.2. The maximum absolute atomic E-state index is 4.99. The van der Waals surface area contributed by atoms with E-state index in [-0.39, 0.29) is 0 Å². The van der Waals surface area contributed by atoms with Gasteiger partial charge in [-0.3, -0.25) is 4.90 Å². The number of unbranched alkanes of at least 4 members (excludes halogenated alkanes) is 1. The van der Waals surface area contributed by atoms with Crippen LogP contribution in [0.4, 0.5) is 5.82 Å². The third-order valence-electron chi connectivity index (χ3n) is 5.56. The number of likely N-dealkylation sites (tertiary alicyclic amines) is 1. The van der Waals surface area contributed by atoms with Crippen LogP contribution in [0.15, 0.2) is 12.1 Å². The lowest BCUT2D eigenvalue weighted by atomic mass is 9.94. The fraction of sp³-hybridized carbons (Fsp3) is 0.750. The Kier molecular flexibility index (Phi) is 5.93. The van der Waals surface area contributed by atoms with Crippen LogP contribution in [0, 0.1) is 6.92 Å². The van der Waals surface area contributed by atoms with Crippen molar-refractivity contribution in [3.05, 3.63) is 23.4 Å². The molecule has 23 heavy (non-hydrogen) atoms. The van der Waals surface area contributed by atoms with Crippen molar-refractivity contribution in [2.45, 2.75) is 71.3 Å². The second kappa shape index (κ2) is 8.14. The molecule has 2 saturated heterocycles. The summed E-state index contributed by atoms with van der Waals surface area (Å²) in [5, 5.41) is 0. The van der Waals surface area contributed by atoms with E-state index in [4.69, 9.17) is 4.98 Å². The molecule has 0 aliphatic carbocycles. The van der Waals surface area contributed by atoms with Crippen molar-refractivity contribution < 1.29 is 0 Å². The number of hydrogen-bond acceptors (Lipinski definition) is 3. The Bertz CT molecular complexity index is 494. The van der Waals surface area contributed by atoms with Gasteiger partial charge in [0.25, 0.3) is 0 Å². The van der Waals surface area contributed by atoms with Gasteiger partial charge in [0.15, 0.2) is 0 Å². The highest BCUT2D eigenvalue weighted by molar-refractivity contribution is 5.42. The zero-order valence-electron chi connectivity index (χ0n) is 15.1. The monoisotopic (exact) mass is 315 g/mol. The molecule has 0 spiro atoms. The van der Waals surface area contributed by atoms with Gasteiger partial charge in [-0.05, 0) is 70.2 Å². The molecular formula is C20H33N3. The molecule has 1 aromatic rings. The van der Waals surface area contributed by atoms with Crippen molar-refractivity contribution in [1.29, 1.82) is 0 Å². The molecule has 0 saturated carbocycles. The average molecular weight is 316 g/mol. The predicted octanol–water partition coefficient (Wildman–Crippen LogP) is 4.71. The van der Waals surface area contributed by atoms with Crippen molar-refractivity contribution >= 4 is 5.82 Å². The second-order valence-corrected chi connectivity index (χ2v) is 7.29. The van der Waals surface area contributed by atoms with Gasteiger partial charge < -0.3 is 4.90 Å². The molecule has 2 fully saturated rings. The molecule has 2 aliphatic rings. The standard InChI is InChI=1S/C20H33N3/c1-3-4-13-22-14-9-6-10-19(22)18-11-12-20(21-17(18)2)23-15-7-5-8-16-23/h11-12,19H,3-10,13-16H2,1-2H3/t19-/m0/s1. The van der Waals surface area contributed by atoms with Crippen molar-refractivity contribution in [3.63, 3.8) is 0 Å². The van der Waals surface area contributed by atoms with Gasteiger partial charge in [0.2, 0.25) is 0 Å². The number of anilines is 1. The number of aromatic nitrogens is 1. The van der Waals surface area contributed by atoms with Crippen LogP contribution in [-0.2, 0) is 0 Å².